The molecule has 6 nitrogen and oxygen atoms in total. The number of nitrogens with one attached hydrogen (secondary N) is 2. The van der Waals surface area contributed by atoms with Gasteiger partial charge in [0.25, 0.3) is 5.91 Å². The molecule has 0 saturated carbocycles. The van der Waals surface area contributed by atoms with Crippen molar-refractivity contribution in [1.29, 1.82) is 0 Å². The second-order valence-corrected chi connectivity index (χ2v) is 8.11. The van der Waals surface area contributed by atoms with Crippen molar-refractivity contribution in [3.8, 4) is 17.0 Å². The Kier molecular flexibility index (Phi) is 6.42. The molecule has 1 aliphatic heterocycles. The van der Waals surface area contributed by atoms with E-state index >= 15 is 0 Å². The summed E-state index contributed by atoms with van der Waals surface area (Å²) in [6, 6.07) is 11.6. The van der Waals surface area contributed by atoms with E-state index in [0.29, 0.717) is 11.4 Å². The summed E-state index contributed by atoms with van der Waals surface area (Å²) in [6.45, 7) is 2.98. The summed E-state index contributed by atoms with van der Waals surface area (Å²) in [5.74, 6) is 0.00566. The highest BCUT2D eigenvalue weighted by Gasteiger charge is 2.31. The molecule has 1 saturated heterocycles. The highest BCUT2D eigenvalue weighted by Crippen LogP contribution is 2.34. The maximum Gasteiger partial charge on any atom is 0.416 e. The zero-order valence-electron chi connectivity index (χ0n) is 18.3. The molecule has 4 rings (SSSR count). The standard InChI is InChI=1S/C24H25F3N4O2/c1-15(20-7-4-11-28-20)33-22-9-8-18(14-19(22)21-10-12-29-31(21)2)30-23(32)16-5-3-6-17(13-16)24(25,26)27/h3,5-6,8-10,12-15,20,28H,4,7,11H2,1-2H3,(H,30,32)/t15-,20?/m0/s1. The number of nitrogens with zero attached hydrogens (tertiary/aromatic N) is 2. The van der Waals surface area contributed by atoms with Gasteiger partial charge in [0.15, 0.2) is 0 Å². The number of hydrogen-bond donors (Lipinski definition) is 2. The van der Waals surface area contributed by atoms with Crippen LogP contribution in [0.25, 0.3) is 11.3 Å². The van der Waals surface area contributed by atoms with Crippen LogP contribution < -0.4 is 15.4 Å². The Hall–Kier alpha value is -3.33. The number of amides is 1. The van der Waals surface area contributed by atoms with E-state index in [1.807, 2.05) is 13.0 Å². The van der Waals surface area contributed by atoms with Crippen LogP contribution in [0.5, 0.6) is 5.75 Å². The summed E-state index contributed by atoms with van der Waals surface area (Å²) in [5, 5.41) is 10.3. The summed E-state index contributed by atoms with van der Waals surface area (Å²) in [6.07, 6.45) is -0.784. The zero-order chi connectivity index (χ0) is 23.6. The molecule has 174 valence electrons. The molecule has 0 aliphatic carbocycles. The Morgan fingerprint density at radius 3 is 2.73 bits per heavy atom. The van der Waals surface area contributed by atoms with Crippen LogP contribution in [0.2, 0.25) is 0 Å². The van der Waals surface area contributed by atoms with E-state index in [1.54, 1.807) is 36.1 Å². The van der Waals surface area contributed by atoms with Crippen molar-refractivity contribution in [1.82, 2.24) is 15.1 Å². The molecule has 2 atom stereocenters. The molecule has 33 heavy (non-hydrogen) atoms. The number of aryl methyl sites for hydroxylation is 1. The predicted octanol–water partition coefficient (Wildman–Crippen LogP) is 4.88. The quantitative estimate of drug-likeness (QED) is 0.553. The first kappa shape index (κ1) is 22.8. The molecule has 9 heteroatoms. The highest BCUT2D eigenvalue weighted by molar-refractivity contribution is 6.04. The molecule has 0 radical (unpaired) electrons. The van der Waals surface area contributed by atoms with E-state index in [1.165, 1.54) is 12.1 Å². The van der Waals surface area contributed by atoms with E-state index in [0.717, 1.165) is 42.8 Å². The van der Waals surface area contributed by atoms with Gasteiger partial charge in [-0.2, -0.15) is 18.3 Å². The average molecular weight is 458 g/mol. The van der Waals surface area contributed by atoms with Crippen LogP contribution in [-0.4, -0.2) is 34.4 Å². The Balaban J connectivity index is 1.60. The number of carbonyl (C=O) groups excluding carboxylic acids is 1. The van der Waals surface area contributed by atoms with Gasteiger partial charge in [-0.15, -0.1) is 0 Å². The van der Waals surface area contributed by atoms with Gasteiger partial charge in [0.1, 0.15) is 11.9 Å². The van der Waals surface area contributed by atoms with Crippen LogP contribution in [0.1, 0.15) is 35.7 Å². The zero-order valence-corrected chi connectivity index (χ0v) is 18.3. The number of rotatable bonds is 6. The lowest BCUT2D eigenvalue weighted by atomic mass is 10.1. The van der Waals surface area contributed by atoms with Crippen molar-refractivity contribution in [2.45, 2.75) is 38.1 Å². The number of ether oxygens (including phenoxy) is 1. The summed E-state index contributed by atoms with van der Waals surface area (Å²) >= 11 is 0. The molecule has 2 heterocycles. The molecule has 1 aromatic heterocycles. The van der Waals surface area contributed by atoms with E-state index in [4.69, 9.17) is 4.74 Å². The third kappa shape index (κ3) is 5.19. The second kappa shape index (κ2) is 9.27. The Morgan fingerprint density at radius 2 is 2.06 bits per heavy atom. The topological polar surface area (TPSA) is 68.2 Å². The molecule has 3 aromatic rings. The SMILES string of the molecule is C[C@H](Oc1ccc(NC(=O)c2cccc(C(F)(F)F)c2)cc1-c1ccnn1C)C1CCCN1. The molecule has 1 fully saturated rings. The third-order valence-corrected chi connectivity index (χ3v) is 5.76. The Bertz CT molecular complexity index is 1140. The fraction of sp³-hybridized carbons (Fsp3) is 0.333. The van der Waals surface area contributed by atoms with Gasteiger partial charge in [0.2, 0.25) is 0 Å². The molecule has 1 amide bonds. The van der Waals surface area contributed by atoms with Gasteiger partial charge in [-0.25, -0.2) is 0 Å². The van der Waals surface area contributed by atoms with Gasteiger partial charge in [0, 0.05) is 36.1 Å². The van der Waals surface area contributed by atoms with Crippen molar-refractivity contribution < 1.29 is 22.7 Å². The Morgan fingerprint density at radius 1 is 1.24 bits per heavy atom. The largest absolute Gasteiger partial charge is 0.488 e. The lowest BCUT2D eigenvalue weighted by Gasteiger charge is -2.23. The molecule has 0 spiro atoms. The highest BCUT2D eigenvalue weighted by atomic mass is 19.4. The summed E-state index contributed by atoms with van der Waals surface area (Å²) < 4.78 is 47.0. The van der Waals surface area contributed by atoms with Gasteiger partial charge in [-0.05, 0) is 68.8 Å². The number of aromatic nitrogens is 2. The van der Waals surface area contributed by atoms with Crippen molar-refractivity contribution in [3.63, 3.8) is 0 Å². The first-order valence-corrected chi connectivity index (χ1v) is 10.7. The minimum absolute atomic E-state index is 0.0648. The van der Waals surface area contributed by atoms with Crippen molar-refractivity contribution in [3.05, 3.63) is 65.9 Å². The summed E-state index contributed by atoms with van der Waals surface area (Å²) in [7, 11) is 1.80. The lowest BCUT2D eigenvalue weighted by Crippen LogP contribution is -2.36. The van der Waals surface area contributed by atoms with Crippen LogP contribution in [0.4, 0.5) is 18.9 Å². The van der Waals surface area contributed by atoms with Crippen molar-refractivity contribution >= 4 is 11.6 Å². The first-order valence-electron chi connectivity index (χ1n) is 10.7. The predicted molar refractivity (Wildman–Crippen MR) is 119 cm³/mol. The van der Waals surface area contributed by atoms with Gasteiger partial charge < -0.3 is 15.4 Å². The molecule has 1 aliphatic rings. The monoisotopic (exact) mass is 458 g/mol. The molecular formula is C24H25F3N4O2. The van der Waals surface area contributed by atoms with Crippen LogP contribution >= 0.6 is 0 Å². The number of benzene rings is 2. The molecule has 0 bridgehead atoms. The number of anilines is 1. The van der Waals surface area contributed by atoms with E-state index in [2.05, 4.69) is 15.7 Å². The number of halogens is 3. The van der Waals surface area contributed by atoms with E-state index < -0.39 is 17.6 Å². The van der Waals surface area contributed by atoms with Crippen molar-refractivity contribution in [2.75, 3.05) is 11.9 Å². The normalized spacial score (nSPS) is 17.1. The number of alkyl halides is 3. The smallest absolute Gasteiger partial charge is 0.416 e. The molecular weight excluding hydrogens is 433 g/mol. The lowest BCUT2D eigenvalue weighted by molar-refractivity contribution is -0.137. The van der Waals surface area contributed by atoms with Gasteiger partial charge >= 0.3 is 6.18 Å². The minimum atomic E-state index is -4.52. The fourth-order valence-electron chi connectivity index (χ4n) is 3.98. The third-order valence-electron chi connectivity index (χ3n) is 5.76. The van der Waals surface area contributed by atoms with Gasteiger partial charge in [-0.1, -0.05) is 6.07 Å². The minimum Gasteiger partial charge on any atom is -0.488 e. The molecule has 2 aromatic carbocycles. The van der Waals surface area contributed by atoms with Gasteiger partial charge in [0.05, 0.1) is 11.3 Å². The number of hydrogen-bond acceptors (Lipinski definition) is 4. The first-order chi connectivity index (χ1) is 15.7. The van der Waals surface area contributed by atoms with Crippen LogP contribution in [0.15, 0.2) is 54.7 Å². The Labute approximate surface area is 189 Å². The van der Waals surface area contributed by atoms with E-state index in [-0.39, 0.29) is 17.7 Å². The van der Waals surface area contributed by atoms with Gasteiger partial charge in [-0.3, -0.25) is 9.48 Å². The maximum absolute atomic E-state index is 13.0. The molecule has 1 unspecified atom stereocenters. The van der Waals surface area contributed by atoms with Crippen LogP contribution in [-0.2, 0) is 13.2 Å². The summed E-state index contributed by atoms with van der Waals surface area (Å²) in [4.78, 5) is 12.7. The van der Waals surface area contributed by atoms with Crippen molar-refractivity contribution in [2.24, 2.45) is 7.05 Å². The second-order valence-electron chi connectivity index (χ2n) is 8.11. The fourth-order valence-corrected chi connectivity index (χ4v) is 3.98. The molecule has 2 N–H and O–H groups in total. The van der Waals surface area contributed by atoms with Crippen LogP contribution in [0.3, 0.4) is 0 Å². The maximum atomic E-state index is 13.0. The van der Waals surface area contributed by atoms with Crippen LogP contribution in [0, 0.1) is 0 Å². The average Bonchev–Trinajstić information content (AvgIpc) is 3.46. The summed E-state index contributed by atoms with van der Waals surface area (Å²) in [5.41, 5.74) is 0.998. The number of carbonyl (C=O) groups is 1. The van der Waals surface area contributed by atoms with E-state index in [9.17, 15) is 18.0 Å².